The zero-order chi connectivity index (χ0) is 21.4. The summed E-state index contributed by atoms with van der Waals surface area (Å²) in [6, 6.07) is 7.53. The van der Waals surface area contributed by atoms with Crippen molar-refractivity contribution in [2.24, 2.45) is 0 Å². The molecule has 0 unspecified atom stereocenters. The third-order valence-corrected chi connectivity index (χ3v) is 6.03. The SMILES string of the molecule is C#CCOc1c(Cl)cc(/C=c2\sc3nc4cc(C)c(C)cc4n3c2=O)cc1OCC. The maximum Gasteiger partial charge on any atom is 0.274 e. The average Bonchev–Trinajstić information content (AvgIpc) is 3.18. The van der Waals surface area contributed by atoms with E-state index in [1.807, 2.05) is 32.9 Å². The maximum absolute atomic E-state index is 13.1. The van der Waals surface area contributed by atoms with E-state index in [9.17, 15) is 4.79 Å². The molecule has 0 bridgehead atoms. The number of imidazole rings is 1. The molecule has 0 fully saturated rings. The molecular formula is C23H19ClN2O3S. The average molecular weight is 439 g/mol. The van der Waals surface area contributed by atoms with Crippen molar-refractivity contribution < 1.29 is 9.47 Å². The van der Waals surface area contributed by atoms with E-state index >= 15 is 0 Å². The van der Waals surface area contributed by atoms with Crippen LogP contribution in [0, 0.1) is 26.2 Å². The lowest BCUT2D eigenvalue weighted by Gasteiger charge is -2.12. The van der Waals surface area contributed by atoms with Crippen LogP contribution in [0.2, 0.25) is 5.02 Å². The van der Waals surface area contributed by atoms with Crippen LogP contribution in [-0.2, 0) is 0 Å². The van der Waals surface area contributed by atoms with Gasteiger partial charge in [0.2, 0.25) is 0 Å². The van der Waals surface area contributed by atoms with Crippen molar-refractivity contribution in [1.29, 1.82) is 0 Å². The highest BCUT2D eigenvalue weighted by Crippen LogP contribution is 2.37. The molecular weight excluding hydrogens is 420 g/mol. The first kappa shape index (κ1) is 20.3. The van der Waals surface area contributed by atoms with Crippen molar-refractivity contribution >= 4 is 45.0 Å². The number of rotatable bonds is 5. The molecule has 0 N–H and O–H groups in total. The number of thiazole rings is 1. The van der Waals surface area contributed by atoms with E-state index in [0.717, 1.165) is 27.7 Å². The van der Waals surface area contributed by atoms with Crippen LogP contribution in [0.1, 0.15) is 23.6 Å². The molecule has 0 amide bonds. The van der Waals surface area contributed by atoms with Gasteiger partial charge in [-0.3, -0.25) is 4.79 Å². The second-order valence-electron chi connectivity index (χ2n) is 6.83. The molecule has 2 heterocycles. The van der Waals surface area contributed by atoms with Gasteiger partial charge in [0.15, 0.2) is 16.5 Å². The van der Waals surface area contributed by atoms with Gasteiger partial charge in [-0.2, -0.15) is 0 Å². The number of nitrogens with zero attached hydrogens (tertiary/aromatic N) is 2. The molecule has 2 aromatic carbocycles. The van der Waals surface area contributed by atoms with E-state index in [0.29, 0.717) is 32.6 Å². The van der Waals surface area contributed by atoms with Crippen LogP contribution >= 0.6 is 22.9 Å². The number of aryl methyl sites for hydroxylation is 2. The Bertz CT molecular complexity index is 1430. The fraction of sp³-hybridized carbons (Fsp3) is 0.217. The minimum atomic E-state index is -0.109. The van der Waals surface area contributed by atoms with Gasteiger partial charge in [-0.15, -0.1) is 6.42 Å². The topological polar surface area (TPSA) is 52.8 Å². The number of halogens is 1. The Kier molecular flexibility index (Phi) is 5.42. The van der Waals surface area contributed by atoms with Crippen LogP contribution in [0.5, 0.6) is 11.5 Å². The number of hydrogen-bond donors (Lipinski definition) is 0. The number of fused-ring (bicyclic) bond motifs is 3. The van der Waals surface area contributed by atoms with Gasteiger partial charge in [-0.25, -0.2) is 9.38 Å². The summed E-state index contributed by atoms with van der Waals surface area (Å²) in [5, 5.41) is 0.368. The highest BCUT2D eigenvalue weighted by molar-refractivity contribution is 7.15. The summed E-state index contributed by atoms with van der Waals surface area (Å²) in [4.78, 5) is 18.4. The van der Waals surface area contributed by atoms with Crippen LogP contribution in [0.3, 0.4) is 0 Å². The van der Waals surface area contributed by atoms with Gasteiger partial charge < -0.3 is 9.47 Å². The molecule has 30 heavy (non-hydrogen) atoms. The van der Waals surface area contributed by atoms with Crippen LogP contribution in [0.4, 0.5) is 0 Å². The standard InChI is InChI=1S/C23H19ClN2O3S/c1-5-7-29-21-16(24)10-15(11-19(21)28-6-2)12-20-22(27)26-18-9-14(4)13(3)8-17(18)25-23(26)30-20/h1,8-12H,6-7H2,2-4H3/b20-12-. The smallest absolute Gasteiger partial charge is 0.274 e. The van der Waals surface area contributed by atoms with E-state index < -0.39 is 0 Å². The Morgan fingerprint density at radius 3 is 2.73 bits per heavy atom. The van der Waals surface area contributed by atoms with Gasteiger partial charge in [0, 0.05) is 0 Å². The molecule has 0 spiro atoms. The third-order valence-electron chi connectivity index (χ3n) is 4.78. The summed E-state index contributed by atoms with van der Waals surface area (Å²) in [7, 11) is 0. The summed E-state index contributed by atoms with van der Waals surface area (Å²) in [5.41, 5.74) is 4.54. The van der Waals surface area contributed by atoms with Crippen molar-refractivity contribution in [3.8, 4) is 23.8 Å². The van der Waals surface area contributed by atoms with Gasteiger partial charge in [-0.05, 0) is 67.8 Å². The molecule has 0 saturated heterocycles. The Morgan fingerprint density at radius 1 is 1.23 bits per heavy atom. The van der Waals surface area contributed by atoms with Crippen molar-refractivity contribution in [2.75, 3.05) is 13.2 Å². The molecule has 0 saturated carbocycles. The summed E-state index contributed by atoms with van der Waals surface area (Å²) in [6.07, 6.45) is 7.06. The fourth-order valence-electron chi connectivity index (χ4n) is 3.26. The molecule has 0 aliphatic carbocycles. The lowest BCUT2D eigenvalue weighted by Crippen LogP contribution is -2.22. The Labute approximate surface area is 182 Å². The Hall–Kier alpha value is -3.01. The maximum atomic E-state index is 13.1. The predicted octanol–water partition coefficient (Wildman–Crippen LogP) is 4.14. The number of benzene rings is 2. The largest absolute Gasteiger partial charge is 0.490 e. The highest BCUT2D eigenvalue weighted by Gasteiger charge is 2.14. The molecule has 7 heteroatoms. The zero-order valence-corrected chi connectivity index (χ0v) is 18.4. The van der Waals surface area contributed by atoms with Crippen LogP contribution in [-0.4, -0.2) is 22.6 Å². The van der Waals surface area contributed by atoms with Crippen LogP contribution in [0.25, 0.3) is 22.1 Å². The molecule has 2 aromatic heterocycles. The number of aromatic nitrogens is 2. The second kappa shape index (κ2) is 8.02. The first-order valence-electron chi connectivity index (χ1n) is 9.39. The minimum absolute atomic E-state index is 0.0850. The molecule has 4 rings (SSSR count). The normalized spacial score (nSPS) is 11.9. The zero-order valence-electron chi connectivity index (χ0n) is 16.8. The molecule has 152 valence electrons. The lowest BCUT2D eigenvalue weighted by molar-refractivity contribution is 0.299. The van der Waals surface area contributed by atoms with Crippen molar-refractivity contribution in [3.05, 3.63) is 60.9 Å². The molecule has 0 atom stereocenters. The molecule has 0 aliphatic heterocycles. The monoisotopic (exact) mass is 438 g/mol. The third kappa shape index (κ3) is 3.51. The van der Waals surface area contributed by atoms with Crippen molar-refractivity contribution in [2.45, 2.75) is 20.8 Å². The predicted molar refractivity (Wildman–Crippen MR) is 122 cm³/mol. The summed E-state index contributed by atoms with van der Waals surface area (Å²) in [5.74, 6) is 3.30. The van der Waals surface area contributed by atoms with E-state index in [-0.39, 0.29) is 12.2 Å². The molecule has 0 aliphatic rings. The Morgan fingerprint density at radius 2 is 2.00 bits per heavy atom. The second-order valence-corrected chi connectivity index (χ2v) is 8.24. The van der Waals surface area contributed by atoms with Gasteiger partial charge >= 0.3 is 0 Å². The number of ether oxygens (including phenoxy) is 2. The van der Waals surface area contributed by atoms with Gasteiger partial charge in [0.05, 0.1) is 27.2 Å². The summed E-state index contributed by atoms with van der Waals surface area (Å²) in [6.45, 7) is 6.46. The Balaban J connectivity index is 1.87. The lowest BCUT2D eigenvalue weighted by atomic mass is 10.1. The summed E-state index contributed by atoms with van der Waals surface area (Å²) < 4.78 is 13.4. The van der Waals surface area contributed by atoms with E-state index in [2.05, 4.69) is 10.9 Å². The summed E-state index contributed by atoms with van der Waals surface area (Å²) >= 11 is 7.74. The first-order chi connectivity index (χ1) is 14.4. The van der Waals surface area contributed by atoms with Gasteiger partial charge in [-0.1, -0.05) is 28.9 Å². The van der Waals surface area contributed by atoms with Crippen LogP contribution in [0.15, 0.2) is 29.1 Å². The van der Waals surface area contributed by atoms with E-state index in [1.54, 1.807) is 22.6 Å². The highest BCUT2D eigenvalue weighted by atomic mass is 35.5. The molecule has 5 nitrogen and oxygen atoms in total. The van der Waals surface area contributed by atoms with Gasteiger partial charge in [0.25, 0.3) is 5.56 Å². The minimum Gasteiger partial charge on any atom is -0.490 e. The van der Waals surface area contributed by atoms with E-state index in [4.69, 9.17) is 27.5 Å². The van der Waals surface area contributed by atoms with Crippen molar-refractivity contribution in [1.82, 2.24) is 9.38 Å². The van der Waals surface area contributed by atoms with E-state index in [1.165, 1.54) is 11.3 Å². The number of hydrogen-bond acceptors (Lipinski definition) is 5. The van der Waals surface area contributed by atoms with Crippen molar-refractivity contribution in [3.63, 3.8) is 0 Å². The van der Waals surface area contributed by atoms with Crippen LogP contribution < -0.4 is 19.6 Å². The first-order valence-corrected chi connectivity index (χ1v) is 10.6. The van der Waals surface area contributed by atoms with Gasteiger partial charge in [0.1, 0.15) is 6.61 Å². The quantitative estimate of drug-likeness (QED) is 0.439. The number of terminal acetylenes is 1. The fourth-order valence-corrected chi connectivity index (χ4v) is 4.52. The molecule has 0 radical (unpaired) electrons. The molecule has 4 aromatic rings.